The molecule has 3 rings (SSSR count). The van der Waals surface area contributed by atoms with Gasteiger partial charge >= 0.3 is 0 Å². The number of amides is 1. The maximum Gasteiger partial charge on any atom is 0.236 e. The van der Waals surface area contributed by atoms with Crippen molar-refractivity contribution in [3.63, 3.8) is 0 Å². The van der Waals surface area contributed by atoms with Crippen LogP contribution in [0.15, 0.2) is 29.2 Å². The summed E-state index contributed by atoms with van der Waals surface area (Å²) < 4.78 is 0. The van der Waals surface area contributed by atoms with Gasteiger partial charge in [0.05, 0.1) is 5.25 Å². The second-order valence-corrected chi connectivity index (χ2v) is 7.81. The minimum atomic E-state index is 0.0179. The van der Waals surface area contributed by atoms with Gasteiger partial charge in [0.1, 0.15) is 0 Å². The Bertz CT molecular complexity index is 504. The van der Waals surface area contributed by atoms with Gasteiger partial charge in [-0.1, -0.05) is 32.0 Å². The quantitative estimate of drug-likeness (QED) is 0.863. The number of nitrogens with zero attached hydrogens (tertiary/aromatic N) is 1. The third kappa shape index (κ3) is 2.47. The molecule has 0 aliphatic carbocycles. The van der Waals surface area contributed by atoms with Crippen molar-refractivity contribution in [2.75, 3.05) is 13.1 Å². The van der Waals surface area contributed by atoms with Crippen molar-refractivity contribution in [2.45, 2.75) is 42.9 Å². The zero-order valence-corrected chi connectivity index (χ0v) is 13.0. The Hall–Kier alpha value is -1.00. The molecule has 1 saturated heterocycles. The highest BCUT2D eigenvalue weighted by atomic mass is 32.2. The molecule has 108 valence electrons. The topological polar surface area (TPSA) is 46.3 Å². The second kappa shape index (κ2) is 5.08. The molecular formula is C16H22N2OS. The monoisotopic (exact) mass is 290 g/mol. The van der Waals surface area contributed by atoms with Gasteiger partial charge in [0.2, 0.25) is 5.91 Å². The van der Waals surface area contributed by atoms with Gasteiger partial charge in [-0.15, -0.1) is 11.8 Å². The van der Waals surface area contributed by atoms with Crippen molar-refractivity contribution in [1.82, 2.24) is 4.90 Å². The molecule has 0 saturated carbocycles. The number of carbonyl (C=O) groups excluding carboxylic acids is 1. The average Bonchev–Trinajstić information content (AvgIpc) is 2.84. The second-order valence-electron chi connectivity index (χ2n) is 6.56. The van der Waals surface area contributed by atoms with Crippen LogP contribution < -0.4 is 5.73 Å². The summed E-state index contributed by atoms with van der Waals surface area (Å²) in [7, 11) is 0. The van der Waals surface area contributed by atoms with Gasteiger partial charge in [-0.2, -0.15) is 0 Å². The summed E-state index contributed by atoms with van der Waals surface area (Å²) >= 11 is 1.72. The van der Waals surface area contributed by atoms with Crippen molar-refractivity contribution >= 4 is 17.7 Å². The van der Waals surface area contributed by atoms with E-state index in [1.54, 1.807) is 11.8 Å². The number of benzene rings is 1. The first kappa shape index (κ1) is 14.0. The van der Waals surface area contributed by atoms with Crippen LogP contribution in [0.1, 0.15) is 25.8 Å². The zero-order valence-electron chi connectivity index (χ0n) is 12.1. The van der Waals surface area contributed by atoms with Gasteiger partial charge in [0.25, 0.3) is 0 Å². The third-order valence-corrected chi connectivity index (χ3v) is 5.85. The lowest BCUT2D eigenvalue weighted by atomic mass is 9.79. The highest BCUT2D eigenvalue weighted by molar-refractivity contribution is 8.01. The SMILES string of the molecule is CC1(C)CN(C(=O)C2Cc3ccccc3S2)CCC1N. The molecule has 0 radical (unpaired) electrons. The number of rotatable bonds is 1. The van der Waals surface area contributed by atoms with Gasteiger partial charge in [-0.3, -0.25) is 4.79 Å². The van der Waals surface area contributed by atoms with E-state index in [-0.39, 0.29) is 22.6 Å². The maximum atomic E-state index is 12.7. The zero-order chi connectivity index (χ0) is 14.3. The maximum absolute atomic E-state index is 12.7. The molecule has 0 spiro atoms. The van der Waals surface area contributed by atoms with Gasteiger partial charge in [0.15, 0.2) is 0 Å². The molecule has 1 amide bonds. The van der Waals surface area contributed by atoms with E-state index in [9.17, 15) is 4.79 Å². The summed E-state index contributed by atoms with van der Waals surface area (Å²) in [6.07, 6.45) is 1.77. The minimum absolute atomic E-state index is 0.0179. The fraction of sp³-hybridized carbons (Fsp3) is 0.562. The highest BCUT2D eigenvalue weighted by Crippen LogP contribution is 2.38. The molecule has 3 nitrogen and oxygen atoms in total. The van der Waals surface area contributed by atoms with Crippen LogP contribution in [0.4, 0.5) is 0 Å². The van der Waals surface area contributed by atoms with Crippen LogP contribution in [0.25, 0.3) is 0 Å². The van der Waals surface area contributed by atoms with Gasteiger partial charge in [-0.05, 0) is 29.9 Å². The predicted molar refractivity (Wildman–Crippen MR) is 82.7 cm³/mol. The molecule has 2 N–H and O–H groups in total. The van der Waals surface area contributed by atoms with Crippen LogP contribution in [-0.4, -0.2) is 35.2 Å². The number of fused-ring (bicyclic) bond motifs is 1. The van der Waals surface area contributed by atoms with Crippen molar-refractivity contribution in [2.24, 2.45) is 11.1 Å². The standard InChI is InChI=1S/C16H22N2OS/c1-16(2)10-18(8-7-14(16)17)15(19)13-9-11-5-3-4-6-12(11)20-13/h3-6,13-14H,7-10,17H2,1-2H3. The van der Waals surface area contributed by atoms with Gasteiger partial charge in [0, 0.05) is 24.0 Å². The highest BCUT2D eigenvalue weighted by Gasteiger charge is 2.38. The third-order valence-electron chi connectivity index (χ3n) is 4.55. The molecule has 2 unspecified atom stereocenters. The van der Waals surface area contributed by atoms with Crippen LogP contribution in [0.5, 0.6) is 0 Å². The number of hydrogen-bond acceptors (Lipinski definition) is 3. The molecule has 2 atom stereocenters. The lowest BCUT2D eigenvalue weighted by Crippen LogP contribution is -2.55. The van der Waals surface area contributed by atoms with Crippen LogP contribution >= 0.6 is 11.8 Å². The molecule has 0 bridgehead atoms. The van der Waals surface area contributed by atoms with E-state index in [1.165, 1.54) is 10.5 Å². The van der Waals surface area contributed by atoms with E-state index in [1.807, 2.05) is 11.0 Å². The normalized spacial score (nSPS) is 28.2. The first-order valence-corrected chi connectivity index (χ1v) is 8.14. The number of thioether (sulfide) groups is 1. The van der Waals surface area contributed by atoms with Crippen LogP contribution in [0.3, 0.4) is 0 Å². The molecule has 1 aromatic rings. The van der Waals surface area contributed by atoms with E-state index >= 15 is 0 Å². The molecule has 1 aromatic carbocycles. The van der Waals surface area contributed by atoms with Crippen molar-refractivity contribution in [1.29, 1.82) is 0 Å². The van der Waals surface area contributed by atoms with Crippen molar-refractivity contribution < 1.29 is 4.79 Å². The minimum Gasteiger partial charge on any atom is -0.341 e. The Balaban J connectivity index is 1.69. The molecule has 2 heterocycles. The fourth-order valence-corrected chi connectivity index (χ4v) is 4.36. The Labute approximate surface area is 124 Å². The fourth-order valence-electron chi connectivity index (χ4n) is 3.09. The molecule has 2 aliphatic rings. The lowest BCUT2D eigenvalue weighted by Gasteiger charge is -2.43. The molecule has 0 aromatic heterocycles. The van der Waals surface area contributed by atoms with E-state index in [4.69, 9.17) is 5.73 Å². The van der Waals surface area contributed by atoms with E-state index in [0.717, 1.165) is 25.9 Å². The molecular weight excluding hydrogens is 268 g/mol. The number of hydrogen-bond donors (Lipinski definition) is 1. The first-order valence-electron chi connectivity index (χ1n) is 7.26. The average molecular weight is 290 g/mol. The Morgan fingerprint density at radius 3 is 2.85 bits per heavy atom. The summed E-state index contributed by atoms with van der Waals surface area (Å²) in [4.78, 5) is 16.0. The first-order chi connectivity index (χ1) is 9.47. The summed E-state index contributed by atoms with van der Waals surface area (Å²) in [5.41, 5.74) is 7.48. The summed E-state index contributed by atoms with van der Waals surface area (Å²) in [6, 6.07) is 8.53. The van der Waals surface area contributed by atoms with Gasteiger partial charge in [-0.25, -0.2) is 0 Å². The molecule has 2 aliphatic heterocycles. The van der Waals surface area contributed by atoms with Crippen LogP contribution in [0, 0.1) is 5.41 Å². The summed E-state index contributed by atoms with van der Waals surface area (Å²) in [5, 5.41) is 0.0533. The van der Waals surface area contributed by atoms with Crippen molar-refractivity contribution in [3.05, 3.63) is 29.8 Å². The Morgan fingerprint density at radius 1 is 1.40 bits per heavy atom. The van der Waals surface area contributed by atoms with Gasteiger partial charge < -0.3 is 10.6 Å². The van der Waals surface area contributed by atoms with E-state index in [0.29, 0.717) is 0 Å². The number of piperidine rings is 1. The molecule has 1 fully saturated rings. The molecule has 4 heteroatoms. The van der Waals surface area contributed by atoms with Crippen LogP contribution in [-0.2, 0) is 11.2 Å². The lowest BCUT2D eigenvalue weighted by molar-refractivity contribution is -0.133. The number of nitrogens with two attached hydrogens (primary N) is 1. The largest absolute Gasteiger partial charge is 0.341 e. The van der Waals surface area contributed by atoms with E-state index in [2.05, 4.69) is 32.0 Å². The Morgan fingerprint density at radius 2 is 2.15 bits per heavy atom. The van der Waals surface area contributed by atoms with Crippen molar-refractivity contribution in [3.8, 4) is 0 Å². The van der Waals surface area contributed by atoms with E-state index < -0.39 is 0 Å². The number of carbonyl (C=O) groups is 1. The Kier molecular flexibility index (Phi) is 3.55. The summed E-state index contributed by atoms with van der Waals surface area (Å²) in [6.45, 7) is 5.90. The number of likely N-dealkylation sites (tertiary alicyclic amines) is 1. The molecule has 20 heavy (non-hydrogen) atoms. The summed E-state index contributed by atoms with van der Waals surface area (Å²) in [5.74, 6) is 0.283. The predicted octanol–water partition coefficient (Wildman–Crippen LogP) is 2.29. The smallest absolute Gasteiger partial charge is 0.236 e. The van der Waals surface area contributed by atoms with Crippen LogP contribution in [0.2, 0.25) is 0 Å².